The van der Waals surface area contributed by atoms with Gasteiger partial charge in [-0.25, -0.2) is 28.1 Å². The average molecular weight is 515 g/mol. The third kappa shape index (κ3) is 5.98. The summed E-state index contributed by atoms with van der Waals surface area (Å²) in [4.78, 5) is 32.5. The molecule has 0 aliphatic carbocycles. The topological polar surface area (TPSA) is 92.1 Å². The van der Waals surface area contributed by atoms with Gasteiger partial charge >= 0.3 is 6.09 Å². The van der Waals surface area contributed by atoms with E-state index in [9.17, 15) is 18.4 Å². The van der Waals surface area contributed by atoms with Crippen molar-refractivity contribution in [3.8, 4) is 0 Å². The highest BCUT2D eigenvalue weighted by Gasteiger charge is 2.31. The van der Waals surface area contributed by atoms with Crippen LogP contribution in [0.3, 0.4) is 0 Å². The lowest BCUT2D eigenvalue weighted by molar-refractivity contribution is 0.0107. The second kappa shape index (κ2) is 10.3. The van der Waals surface area contributed by atoms with E-state index in [-0.39, 0.29) is 35.3 Å². The lowest BCUT2D eigenvalue weighted by Crippen LogP contribution is -2.49. The predicted molar refractivity (Wildman–Crippen MR) is 134 cm³/mol. The second-order valence-electron chi connectivity index (χ2n) is 10.6. The third-order valence-corrected chi connectivity index (χ3v) is 5.86. The molecule has 2 amide bonds. The number of hydrogen-bond donors (Lipinski definition) is 1. The molecule has 4 rings (SSSR count). The number of fused-ring (bicyclic) bond motifs is 1. The summed E-state index contributed by atoms with van der Waals surface area (Å²) in [5.74, 6) is -0.968. The molecule has 1 fully saturated rings. The van der Waals surface area contributed by atoms with Crippen molar-refractivity contribution in [3.05, 3.63) is 59.4 Å². The van der Waals surface area contributed by atoms with E-state index in [2.05, 4.69) is 15.5 Å². The minimum atomic E-state index is -0.731. The van der Waals surface area contributed by atoms with Gasteiger partial charge in [-0.1, -0.05) is 13.8 Å². The number of benzene rings is 1. The van der Waals surface area contributed by atoms with Gasteiger partial charge < -0.3 is 9.64 Å². The molecule has 3 heterocycles. The Morgan fingerprint density at radius 2 is 2.00 bits per heavy atom. The molecule has 0 bridgehead atoms. The Morgan fingerprint density at radius 3 is 2.70 bits per heavy atom. The molecule has 2 aromatic heterocycles. The van der Waals surface area contributed by atoms with Gasteiger partial charge in [0.15, 0.2) is 5.65 Å². The van der Waals surface area contributed by atoms with E-state index >= 15 is 0 Å². The summed E-state index contributed by atoms with van der Waals surface area (Å²) in [5, 5.41) is 5.36. The van der Waals surface area contributed by atoms with E-state index in [0.29, 0.717) is 18.8 Å². The van der Waals surface area contributed by atoms with Gasteiger partial charge in [0.05, 0.1) is 12.2 Å². The van der Waals surface area contributed by atoms with Crippen molar-refractivity contribution in [3.63, 3.8) is 0 Å². The van der Waals surface area contributed by atoms with E-state index < -0.39 is 29.2 Å². The normalized spacial score (nSPS) is 15.9. The summed E-state index contributed by atoms with van der Waals surface area (Å²) in [6.07, 6.45) is 3.78. The fraction of sp³-hybridized carbons (Fsp3) is 0.462. The molecule has 0 saturated carbocycles. The number of hydrazine groups is 1. The summed E-state index contributed by atoms with van der Waals surface area (Å²) in [6.45, 7) is 9.92. The monoisotopic (exact) mass is 514 g/mol. The molecule has 1 aliphatic heterocycles. The molecule has 11 heteroatoms. The van der Waals surface area contributed by atoms with Crippen molar-refractivity contribution >= 4 is 23.5 Å². The average Bonchev–Trinajstić information content (AvgIpc) is 3.45. The molecule has 1 aromatic carbocycles. The molecule has 1 atom stereocenters. The van der Waals surface area contributed by atoms with Gasteiger partial charge in [0.1, 0.15) is 28.6 Å². The van der Waals surface area contributed by atoms with Crippen LogP contribution < -0.4 is 10.3 Å². The van der Waals surface area contributed by atoms with Gasteiger partial charge in [-0.3, -0.25) is 10.2 Å². The maximum Gasteiger partial charge on any atom is 0.429 e. The number of amides is 2. The van der Waals surface area contributed by atoms with Crippen LogP contribution in [0.4, 0.5) is 19.4 Å². The van der Waals surface area contributed by atoms with Crippen LogP contribution in [0.1, 0.15) is 69.4 Å². The first-order valence-electron chi connectivity index (χ1n) is 12.3. The van der Waals surface area contributed by atoms with E-state index in [1.54, 1.807) is 33.0 Å². The van der Waals surface area contributed by atoms with Crippen LogP contribution in [0.5, 0.6) is 0 Å². The van der Waals surface area contributed by atoms with Crippen molar-refractivity contribution in [1.82, 2.24) is 25.0 Å². The predicted octanol–water partition coefficient (Wildman–Crippen LogP) is 4.89. The van der Waals surface area contributed by atoms with Gasteiger partial charge in [-0.15, -0.1) is 0 Å². The molecule has 9 nitrogen and oxygen atoms in total. The number of nitrogens with one attached hydrogen (secondary N) is 1. The van der Waals surface area contributed by atoms with Crippen molar-refractivity contribution in [2.24, 2.45) is 5.92 Å². The SMILES string of the molecule is CC(C)CN(NC(=O)c1cnn2ccc(N3CCCC3c3cc(F)ccc3F)nc12)C(=O)OC(C)(C)C. The van der Waals surface area contributed by atoms with E-state index in [1.807, 2.05) is 18.7 Å². The molecule has 3 aromatic rings. The van der Waals surface area contributed by atoms with Crippen LogP contribution in [0, 0.1) is 17.6 Å². The summed E-state index contributed by atoms with van der Waals surface area (Å²) in [6, 6.07) is 4.78. The summed E-state index contributed by atoms with van der Waals surface area (Å²) >= 11 is 0. The zero-order valence-corrected chi connectivity index (χ0v) is 21.7. The van der Waals surface area contributed by atoms with Crippen molar-refractivity contribution in [2.75, 3.05) is 18.0 Å². The largest absolute Gasteiger partial charge is 0.442 e. The Hall–Kier alpha value is -3.76. The van der Waals surface area contributed by atoms with Gasteiger partial charge in [-0.05, 0) is 63.8 Å². The highest BCUT2D eigenvalue weighted by atomic mass is 19.1. The maximum atomic E-state index is 14.5. The lowest BCUT2D eigenvalue weighted by atomic mass is 10.0. The van der Waals surface area contributed by atoms with Crippen LogP contribution in [-0.4, -0.2) is 50.3 Å². The number of aromatic nitrogens is 3. The minimum Gasteiger partial charge on any atom is -0.442 e. The molecule has 0 radical (unpaired) electrons. The zero-order valence-electron chi connectivity index (χ0n) is 21.7. The fourth-order valence-electron chi connectivity index (χ4n) is 4.34. The fourth-order valence-corrected chi connectivity index (χ4v) is 4.34. The maximum absolute atomic E-state index is 14.5. The summed E-state index contributed by atoms with van der Waals surface area (Å²) in [7, 11) is 0. The molecular weight excluding hydrogens is 482 g/mol. The first-order valence-corrected chi connectivity index (χ1v) is 12.3. The van der Waals surface area contributed by atoms with E-state index in [1.165, 1.54) is 16.8 Å². The highest BCUT2D eigenvalue weighted by Crippen LogP contribution is 2.36. The first-order chi connectivity index (χ1) is 17.4. The number of nitrogens with zero attached hydrogens (tertiary/aromatic N) is 5. The number of ether oxygens (including phenoxy) is 1. The number of hydrogen-bond acceptors (Lipinski definition) is 6. The molecule has 198 valence electrons. The lowest BCUT2D eigenvalue weighted by Gasteiger charge is -2.28. The van der Waals surface area contributed by atoms with Gasteiger partial charge in [0.2, 0.25) is 0 Å². The molecule has 1 aliphatic rings. The van der Waals surface area contributed by atoms with E-state index in [4.69, 9.17) is 4.74 Å². The van der Waals surface area contributed by atoms with Crippen molar-refractivity contribution in [2.45, 2.75) is 59.1 Å². The standard InChI is InChI=1S/C26H32F2N6O3/c1-16(2)15-34(25(36)37-26(3,4)5)31-24(35)19-14-29-33-12-10-22(30-23(19)33)32-11-6-7-21(32)18-13-17(27)8-9-20(18)28/h8-10,12-14,16,21H,6-7,11,15H2,1-5H3,(H,31,35). The van der Waals surface area contributed by atoms with Crippen LogP contribution in [0.25, 0.3) is 5.65 Å². The second-order valence-corrected chi connectivity index (χ2v) is 10.6. The molecule has 1 saturated heterocycles. The zero-order chi connectivity index (χ0) is 26.9. The Balaban J connectivity index is 1.62. The molecule has 1 unspecified atom stereocenters. The Bertz CT molecular complexity index is 1300. The number of carbonyl (C=O) groups is 2. The van der Waals surface area contributed by atoms with Crippen LogP contribution in [-0.2, 0) is 4.74 Å². The molecule has 0 spiro atoms. The highest BCUT2D eigenvalue weighted by molar-refractivity contribution is 6.00. The van der Waals surface area contributed by atoms with Gasteiger partial charge in [0.25, 0.3) is 5.91 Å². The molecular formula is C26H32F2N6O3. The number of carbonyl (C=O) groups excluding carboxylic acids is 2. The number of halogens is 2. The summed E-state index contributed by atoms with van der Waals surface area (Å²) < 4.78 is 35.3. The first kappa shape index (κ1) is 26.3. The Morgan fingerprint density at radius 1 is 1.24 bits per heavy atom. The molecule has 37 heavy (non-hydrogen) atoms. The van der Waals surface area contributed by atoms with E-state index in [0.717, 1.165) is 23.6 Å². The third-order valence-electron chi connectivity index (χ3n) is 5.86. The number of rotatable bonds is 5. The van der Waals surface area contributed by atoms with Crippen molar-refractivity contribution in [1.29, 1.82) is 0 Å². The Kier molecular flexibility index (Phi) is 7.33. The smallest absolute Gasteiger partial charge is 0.429 e. The van der Waals surface area contributed by atoms with Crippen LogP contribution in [0.15, 0.2) is 36.7 Å². The van der Waals surface area contributed by atoms with Crippen molar-refractivity contribution < 1.29 is 23.1 Å². The number of anilines is 1. The summed E-state index contributed by atoms with van der Waals surface area (Å²) in [5.41, 5.74) is 2.60. The minimum absolute atomic E-state index is 0.0665. The Labute approximate surface area is 214 Å². The quantitative estimate of drug-likeness (QED) is 0.488. The van der Waals surface area contributed by atoms with Gasteiger partial charge in [0, 0.05) is 24.8 Å². The van der Waals surface area contributed by atoms with Crippen LogP contribution >= 0.6 is 0 Å². The molecule has 1 N–H and O–H groups in total. The van der Waals surface area contributed by atoms with Crippen LogP contribution in [0.2, 0.25) is 0 Å². The van der Waals surface area contributed by atoms with Gasteiger partial charge in [-0.2, -0.15) is 5.10 Å².